The van der Waals surface area contributed by atoms with E-state index in [0.29, 0.717) is 24.5 Å². The monoisotopic (exact) mass is 184 g/mol. The second kappa shape index (κ2) is 3.53. The molecule has 0 aliphatic carbocycles. The molecule has 1 aromatic heterocycles. The molecule has 0 saturated heterocycles. The molecular weight excluding hydrogens is 172 g/mol. The zero-order valence-corrected chi connectivity index (χ0v) is 7.65. The fourth-order valence-electron chi connectivity index (χ4n) is 1.20. The molecule has 0 saturated carbocycles. The van der Waals surface area contributed by atoms with Gasteiger partial charge in [0.15, 0.2) is 5.82 Å². The molecule has 72 valence electrons. The van der Waals surface area contributed by atoms with E-state index >= 15 is 0 Å². The molecule has 6 heteroatoms. The van der Waals surface area contributed by atoms with E-state index in [1.54, 1.807) is 14.0 Å². The quantitative estimate of drug-likeness (QED) is 0.534. The van der Waals surface area contributed by atoms with Crippen LogP contribution in [0.15, 0.2) is 0 Å². The van der Waals surface area contributed by atoms with Crippen molar-refractivity contribution in [1.82, 2.24) is 9.55 Å². The van der Waals surface area contributed by atoms with Gasteiger partial charge in [0.05, 0.1) is 7.05 Å². The fourth-order valence-corrected chi connectivity index (χ4v) is 1.20. The van der Waals surface area contributed by atoms with Crippen molar-refractivity contribution in [2.24, 2.45) is 12.8 Å². The smallest absolute Gasteiger partial charge is 0.345 e. The summed E-state index contributed by atoms with van der Waals surface area (Å²) in [5.41, 5.74) is 5.78. The summed E-state index contributed by atoms with van der Waals surface area (Å²) < 4.78 is 1.46. The predicted molar refractivity (Wildman–Crippen MR) is 47.4 cm³/mol. The maximum Gasteiger partial charge on any atom is 0.345 e. The first-order valence-electron chi connectivity index (χ1n) is 3.94. The lowest BCUT2D eigenvalue weighted by Crippen LogP contribution is -2.06. The first-order chi connectivity index (χ1) is 6.07. The highest BCUT2D eigenvalue weighted by Gasteiger charge is 2.21. The van der Waals surface area contributed by atoms with E-state index in [2.05, 4.69) is 4.98 Å². The van der Waals surface area contributed by atoms with Gasteiger partial charge in [-0.15, -0.1) is 0 Å². The Kier molecular flexibility index (Phi) is 2.62. The fraction of sp³-hybridized carbons (Fsp3) is 0.571. The SMILES string of the molecule is Cc1nc(CCN)c([N+](=O)[O-])n1C. The number of rotatable bonds is 3. The van der Waals surface area contributed by atoms with Crippen molar-refractivity contribution < 1.29 is 4.92 Å². The molecular formula is C7H12N4O2. The molecule has 0 radical (unpaired) electrons. The van der Waals surface area contributed by atoms with Crippen LogP contribution in [-0.2, 0) is 13.5 Å². The van der Waals surface area contributed by atoms with Gasteiger partial charge in [0.25, 0.3) is 0 Å². The second-order valence-corrected chi connectivity index (χ2v) is 2.78. The Hall–Kier alpha value is -1.43. The molecule has 6 nitrogen and oxygen atoms in total. The third-order valence-electron chi connectivity index (χ3n) is 1.91. The van der Waals surface area contributed by atoms with Gasteiger partial charge in [-0.25, -0.2) is 9.55 Å². The normalized spacial score (nSPS) is 10.4. The molecule has 0 amide bonds. The van der Waals surface area contributed by atoms with Crippen molar-refractivity contribution >= 4 is 5.82 Å². The van der Waals surface area contributed by atoms with E-state index in [4.69, 9.17) is 5.73 Å². The number of nitrogens with two attached hydrogens (primary N) is 1. The van der Waals surface area contributed by atoms with Gasteiger partial charge in [0.1, 0.15) is 5.69 Å². The van der Waals surface area contributed by atoms with Crippen LogP contribution in [0.25, 0.3) is 0 Å². The van der Waals surface area contributed by atoms with Crippen molar-refractivity contribution in [3.63, 3.8) is 0 Å². The summed E-state index contributed by atoms with van der Waals surface area (Å²) in [6.45, 7) is 2.10. The van der Waals surface area contributed by atoms with E-state index in [1.807, 2.05) is 0 Å². The number of hydrogen-bond donors (Lipinski definition) is 1. The summed E-state index contributed by atoms with van der Waals surface area (Å²) in [5.74, 6) is 0.679. The Bertz CT molecular complexity index is 331. The highest BCUT2D eigenvalue weighted by Crippen LogP contribution is 2.18. The van der Waals surface area contributed by atoms with Gasteiger partial charge >= 0.3 is 5.82 Å². The zero-order valence-electron chi connectivity index (χ0n) is 7.65. The van der Waals surface area contributed by atoms with E-state index in [1.165, 1.54) is 4.57 Å². The maximum absolute atomic E-state index is 10.6. The van der Waals surface area contributed by atoms with Gasteiger partial charge in [-0.3, -0.25) is 0 Å². The Labute approximate surface area is 75.5 Å². The van der Waals surface area contributed by atoms with Gasteiger partial charge in [-0.05, 0) is 11.5 Å². The number of nitrogens with zero attached hydrogens (tertiary/aromatic N) is 3. The average Bonchev–Trinajstić information content (AvgIpc) is 2.28. The van der Waals surface area contributed by atoms with E-state index in [-0.39, 0.29) is 5.82 Å². The molecule has 0 fully saturated rings. The minimum atomic E-state index is -0.426. The van der Waals surface area contributed by atoms with Crippen molar-refractivity contribution in [3.05, 3.63) is 21.6 Å². The summed E-state index contributed by atoms with van der Waals surface area (Å²) in [7, 11) is 1.63. The van der Waals surface area contributed by atoms with Crippen molar-refractivity contribution in [1.29, 1.82) is 0 Å². The zero-order chi connectivity index (χ0) is 10.0. The molecule has 13 heavy (non-hydrogen) atoms. The van der Waals surface area contributed by atoms with Crippen LogP contribution in [0.3, 0.4) is 0 Å². The van der Waals surface area contributed by atoms with E-state index < -0.39 is 4.92 Å². The lowest BCUT2D eigenvalue weighted by Gasteiger charge is -1.96. The predicted octanol–water partition coefficient (Wildman–Crippen LogP) is 0.138. The minimum Gasteiger partial charge on any atom is -0.358 e. The first kappa shape index (κ1) is 9.66. The lowest BCUT2D eigenvalue weighted by atomic mass is 10.3. The Morgan fingerprint density at radius 3 is 2.77 bits per heavy atom. The van der Waals surface area contributed by atoms with Gasteiger partial charge in [0.2, 0.25) is 0 Å². The summed E-state index contributed by atoms with van der Waals surface area (Å²) in [4.78, 5) is 14.3. The van der Waals surface area contributed by atoms with Crippen LogP contribution >= 0.6 is 0 Å². The maximum atomic E-state index is 10.6. The summed E-state index contributed by atoms with van der Waals surface area (Å²) in [6, 6.07) is 0. The van der Waals surface area contributed by atoms with Crippen LogP contribution in [-0.4, -0.2) is 21.0 Å². The molecule has 0 unspecified atom stereocenters. The Morgan fingerprint density at radius 1 is 1.69 bits per heavy atom. The second-order valence-electron chi connectivity index (χ2n) is 2.78. The molecule has 0 spiro atoms. The van der Waals surface area contributed by atoms with Gasteiger partial charge in [-0.1, -0.05) is 0 Å². The number of aromatic nitrogens is 2. The lowest BCUT2D eigenvalue weighted by molar-refractivity contribution is -0.392. The number of aryl methyl sites for hydroxylation is 1. The molecule has 2 N–H and O–H groups in total. The third kappa shape index (κ3) is 1.67. The van der Waals surface area contributed by atoms with Crippen LogP contribution in [0.2, 0.25) is 0 Å². The Balaban J connectivity index is 3.18. The van der Waals surface area contributed by atoms with Crippen molar-refractivity contribution in [2.45, 2.75) is 13.3 Å². The van der Waals surface area contributed by atoms with Gasteiger partial charge in [0, 0.05) is 13.3 Å². The van der Waals surface area contributed by atoms with Crippen LogP contribution in [0.5, 0.6) is 0 Å². The van der Waals surface area contributed by atoms with E-state index in [0.717, 1.165) is 0 Å². The third-order valence-corrected chi connectivity index (χ3v) is 1.91. The number of hydrogen-bond acceptors (Lipinski definition) is 4. The topological polar surface area (TPSA) is 87.0 Å². The molecule has 1 aromatic rings. The molecule has 0 aliphatic heterocycles. The van der Waals surface area contributed by atoms with Gasteiger partial charge < -0.3 is 15.8 Å². The van der Waals surface area contributed by atoms with Crippen LogP contribution in [0.4, 0.5) is 5.82 Å². The van der Waals surface area contributed by atoms with Crippen molar-refractivity contribution in [3.8, 4) is 0 Å². The van der Waals surface area contributed by atoms with E-state index in [9.17, 15) is 10.1 Å². The minimum absolute atomic E-state index is 0.0444. The largest absolute Gasteiger partial charge is 0.358 e. The van der Waals surface area contributed by atoms with Crippen LogP contribution < -0.4 is 5.73 Å². The highest BCUT2D eigenvalue weighted by molar-refractivity contribution is 5.30. The van der Waals surface area contributed by atoms with Crippen LogP contribution in [0, 0.1) is 17.0 Å². The molecule has 1 heterocycles. The summed E-state index contributed by atoms with van der Waals surface area (Å²) in [5, 5.41) is 10.6. The van der Waals surface area contributed by atoms with Crippen molar-refractivity contribution in [2.75, 3.05) is 6.54 Å². The molecule has 0 aliphatic rings. The molecule has 1 rings (SSSR count). The van der Waals surface area contributed by atoms with Crippen LogP contribution in [0.1, 0.15) is 11.5 Å². The molecule has 0 aromatic carbocycles. The first-order valence-corrected chi connectivity index (χ1v) is 3.94. The average molecular weight is 184 g/mol. The molecule has 0 atom stereocenters. The standard InChI is InChI=1S/C7H12N4O2/c1-5-9-6(3-4-8)7(10(5)2)11(12)13/h3-4,8H2,1-2H3. The Morgan fingerprint density at radius 2 is 2.31 bits per heavy atom. The highest BCUT2D eigenvalue weighted by atomic mass is 16.6. The molecule has 0 bridgehead atoms. The number of nitro groups is 1. The number of imidazole rings is 1. The summed E-state index contributed by atoms with van der Waals surface area (Å²) >= 11 is 0. The summed E-state index contributed by atoms with van der Waals surface area (Å²) in [6.07, 6.45) is 0.442. The van der Waals surface area contributed by atoms with Gasteiger partial charge in [-0.2, -0.15) is 0 Å².